The minimum absolute atomic E-state index is 0.327. The van der Waals surface area contributed by atoms with Crippen LogP contribution in [0.5, 0.6) is 0 Å². The first kappa shape index (κ1) is 10.1. The van der Waals surface area contributed by atoms with Gasteiger partial charge in [-0.25, -0.2) is 8.60 Å². The second-order valence-corrected chi connectivity index (χ2v) is 5.27. The van der Waals surface area contributed by atoms with Crippen LogP contribution in [0.25, 0.3) is 10.9 Å². The van der Waals surface area contributed by atoms with Gasteiger partial charge in [0, 0.05) is 17.1 Å². The average molecular weight is 297 g/mol. The van der Waals surface area contributed by atoms with Crippen LogP contribution in [0.3, 0.4) is 0 Å². The zero-order valence-corrected chi connectivity index (χ0v) is 9.84. The molecule has 0 saturated heterocycles. The second-order valence-electron chi connectivity index (χ2n) is 2.69. The highest BCUT2D eigenvalue weighted by Gasteiger charge is 2.11. The van der Waals surface area contributed by atoms with Gasteiger partial charge in [0.1, 0.15) is 15.8 Å². The number of H-pyrrole nitrogens is 1. The summed E-state index contributed by atoms with van der Waals surface area (Å²) in [6.07, 6.45) is 1.51. The predicted molar refractivity (Wildman–Crippen MR) is 58.2 cm³/mol. The van der Waals surface area contributed by atoms with Gasteiger partial charge in [0.2, 0.25) is 0 Å². The third kappa shape index (κ3) is 1.60. The minimum atomic E-state index is -1.59. The van der Waals surface area contributed by atoms with Crippen molar-refractivity contribution in [2.24, 2.45) is 0 Å². The number of aromatic nitrogens is 1. The van der Waals surface area contributed by atoms with Crippen molar-refractivity contribution in [3.63, 3.8) is 0 Å². The van der Waals surface area contributed by atoms with E-state index in [4.69, 9.17) is 10.7 Å². The van der Waals surface area contributed by atoms with E-state index in [-0.39, 0.29) is 5.82 Å². The smallest absolute Gasteiger partial charge is 0.149 e. The van der Waals surface area contributed by atoms with Crippen molar-refractivity contribution in [2.45, 2.75) is 4.90 Å². The van der Waals surface area contributed by atoms with Crippen LogP contribution in [-0.2, 0) is 10.0 Å². The molecule has 0 aliphatic carbocycles. The molecule has 0 amide bonds. The summed E-state index contributed by atoms with van der Waals surface area (Å²) < 4.78 is 24.5. The van der Waals surface area contributed by atoms with E-state index in [9.17, 15) is 8.60 Å². The molecule has 6 heteroatoms. The number of hydrogen-bond acceptors (Lipinski definition) is 1. The Morgan fingerprint density at radius 2 is 2.21 bits per heavy atom. The summed E-state index contributed by atoms with van der Waals surface area (Å²) in [7, 11) is 3.87. The standard InChI is InChI=1S/C8H4BrClFNOS/c9-5-1-4-7(2-6(5)11)12-3-8(4)14(10)13/h1-3,12H. The highest BCUT2D eigenvalue weighted by Crippen LogP contribution is 2.28. The van der Waals surface area contributed by atoms with E-state index in [1.807, 2.05) is 0 Å². The molecule has 2 aromatic rings. The Morgan fingerprint density at radius 3 is 2.86 bits per heavy atom. The van der Waals surface area contributed by atoms with Gasteiger partial charge in [0.15, 0.2) is 0 Å². The molecule has 1 N–H and O–H groups in total. The van der Waals surface area contributed by atoms with Crippen molar-refractivity contribution in [1.82, 2.24) is 4.98 Å². The number of nitrogens with one attached hydrogen (secondary N) is 1. The zero-order chi connectivity index (χ0) is 10.3. The fourth-order valence-electron chi connectivity index (χ4n) is 1.22. The van der Waals surface area contributed by atoms with Crippen LogP contribution in [0.4, 0.5) is 4.39 Å². The quantitative estimate of drug-likeness (QED) is 0.805. The zero-order valence-electron chi connectivity index (χ0n) is 6.68. The predicted octanol–water partition coefficient (Wildman–Crippen LogP) is 3.33. The Morgan fingerprint density at radius 1 is 1.50 bits per heavy atom. The lowest BCUT2D eigenvalue weighted by Crippen LogP contribution is -1.80. The molecule has 2 rings (SSSR count). The maximum atomic E-state index is 13.1. The third-order valence-electron chi connectivity index (χ3n) is 1.86. The molecule has 0 aliphatic rings. The van der Waals surface area contributed by atoms with E-state index in [0.717, 1.165) is 0 Å². The molecule has 0 spiro atoms. The molecule has 0 radical (unpaired) electrons. The van der Waals surface area contributed by atoms with Crippen LogP contribution >= 0.6 is 26.6 Å². The lowest BCUT2D eigenvalue weighted by molar-refractivity contribution is 0.623. The van der Waals surface area contributed by atoms with E-state index in [0.29, 0.717) is 20.3 Å². The molecule has 1 heterocycles. The van der Waals surface area contributed by atoms with Crippen LogP contribution < -0.4 is 0 Å². The summed E-state index contributed by atoms with van der Waals surface area (Å²) in [6, 6.07) is 2.88. The fraction of sp³-hybridized carbons (Fsp3) is 0. The molecule has 1 aromatic heterocycles. The van der Waals surface area contributed by atoms with Crippen LogP contribution in [0.15, 0.2) is 27.7 Å². The molecule has 14 heavy (non-hydrogen) atoms. The van der Waals surface area contributed by atoms with Crippen molar-refractivity contribution in [1.29, 1.82) is 0 Å². The van der Waals surface area contributed by atoms with Crippen molar-refractivity contribution in [3.8, 4) is 0 Å². The summed E-state index contributed by atoms with van der Waals surface area (Å²) in [5.74, 6) is -0.369. The molecule has 1 unspecified atom stereocenters. The fourth-order valence-corrected chi connectivity index (χ4v) is 2.44. The van der Waals surface area contributed by atoms with E-state index < -0.39 is 10.0 Å². The normalized spacial score (nSPS) is 13.4. The first-order valence-corrected chi connectivity index (χ1v) is 6.40. The molecule has 0 bridgehead atoms. The van der Waals surface area contributed by atoms with Crippen molar-refractivity contribution in [3.05, 3.63) is 28.6 Å². The summed E-state index contributed by atoms with van der Waals surface area (Å²) >= 11 is 3.05. The summed E-state index contributed by atoms with van der Waals surface area (Å²) in [6.45, 7) is 0. The number of halogens is 3. The number of aromatic amines is 1. The Kier molecular flexibility index (Phi) is 2.64. The average Bonchev–Trinajstić information content (AvgIpc) is 2.48. The Balaban J connectivity index is 2.80. The number of rotatable bonds is 1. The monoisotopic (exact) mass is 295 g/mol. The molecule has 1 atom stereocenters. The van der Waals surface area contributed by atoms with Crippen LogP contribution in [0, 0.1) is 5.82 Å². The molecule has 2 nitrogen and oxygen atoms in total. The largest absolute Gasteiger partial charge is 0.360 e. The SMILES string of the molecule is O=S(Cl)c1c[nH]c2cc(F)c(Br)cc12. The highest BCUT2D eigenvalue weighted by molar-refractivity contribution is 9.10. The van der Waals surface area contributed by atoms with Gasteiger partial charge in [-0.2, -0.15) is 0 Å². The lowest BCUT2D eigenvalue weighted by atomic mass is 10.2. The number of benzene rings is 1. The molecular formula is C8H4BrClFNOS. The molecule has 0 saturated carbocycles. The van der Waals surface area contributed by atoms with Gasteiger partial charge >= 0.3 is 0 Å². The topological polar surface area (TPSA) is 32.9 Å². The van der Waals surface area contributed by atoms with Gasteiger partial charge in [-0.3, -0.25) is 0 Å². The van der Waals surface area contributed by atoms with E-state index in [1.54, 1.807) is 6.07 Å². The van der Waals surface area contributed by atoms with Gasteiger partial charge in [-0.05, 0) is 38.7 Å². The van der Waals surface area contributed by atoms with Crippen LogP contribution in [-0.4, -0.2) is 9.19 Å². The van der Waals surface area contributed by atoms with Gasteiger partial charge in [-0.1, -0.05) is 0 Å². The molecular weight excluding hydrogens is 293 g/mol. The van der Waals surface area contributed by atoms with E-state index in [2.05, 4.69) is 20.9 Å². The summed E-state index contributed by atoms with van der Waals surface area (Å²) in [5, 5.41) is 0.659. The Labute approximate surface area is 94.5 Å². The maximum Gasteiger partial charge on any atom is 0.149 e. The van der Waals surface area contributed by atoms with Gasteiger partial charge in [0.05, 0.1) is 9.37 Å². The number of fused-ring (bicyclic) bond motifs is 1. The van der Waals surface area contributed by atoms with Crippen molar-refractivity contribution < 1.29 is 8.60 Å². The summed E-state index contributed by atoms with van der Waals surface area (Å²) in [5.41, 5.74) is 0.578. The Bertz CT molecular complexity index is 527. The first-order chi connectivity index (χ1) is 6.59. The highest BCUT2D eigenvalue weighted by atomic mass is 79.9. The molecule has 0 fully saturated rings. The lowest BCUT2D eigenvalue weighted by Gasteiger charge is -1.96. The van der Waals surface area contributed by atoms with Gasteiger partial charge < -0.3 is 4.98 Å². The molecule has 1 aromatic carbocycles. The first-order valence-electron chi connectivity index (χ1n) is 3.64. The second kappa shape index (κ2) is 3.64. The van der Waals surface area contributed by atoms with Crippen LogP contribution in [0.1, 0.15) is 0 Å². The Hall–Kier alpha value is -0.390. The molecule has 0 aliphatic heterocycles. The van der Waals surface area contributed by atoms with Gasteiger partial charge in [0.25, 0.3) is 0 Å². The number of hydrogen-bond donors (Lipinski definition) is 1. The minimum Gasteiger partial charge on any atom is -0.360 e. The summed E-state index contributed by atoms with van der Waals surface area (Å²) in [4.78, 5) is 3.26. The molecule has 74 valence electrons. The van der Waals surface area contributed by atoms with E-state index >= 15 is 0 Å². The van der Waals surface area contributed by atoms with Crippen LogP contribution in [0.2, 0.25) is 0 Å². The van der Waals surface area contributed by atoms with Gasteiger partial charge in [-0.15, -0.1) is 0 Å². The van der Waals surface area contributed by atoms with E-state index in [1.165, 1.54) is 12.3 Å². The maximum absolute atomic E-state index is 13.1. The van der Waals surface area contributed by atoms with Crippen molar-refractivity contribution in [2.75, 3.05) is 0 Å². The third-order valence-corrected chi connectivity index (χ3v) is 3.65. The van der Waals surface area contributed by atoms with Crippen molar-refractivity contribution >= 4 is 47.5 Å².